The van der Waals surface area contributed by atoms with Gasteiger partial charge in [0.15, 0.2) is 0 Å². The molecule has 0 radical (unpaired) electrons. The number of benzene rings is 1. The number of carbonyl (C=O) groups is 2. The first kappa shape index (κ1) is 14.6. The third kappa shape index (κ3) is 2.55. The Hall–Kier alpha value is -1.84. The van der Waals surface area contributed by atoms with Crippen LogP contribution in [0.3, 0.4) is 0 Å². The molecule has 0 aliphatic heterocycles. The van der Waals surface area contributed by atoms with Gasteiger partial charge in [-0.2, -0.15) is 0 Å². The molecule has 1 aliphatic carbocycles. The van der Waals surface area contributed by atoms with Gasteiger partial charge in [0.1, 0.15) is 5.54 Å². The highest BCUT2D eigenvalue weighted by Crippen LogP contribution is 2.27. The fourth-order valence-electron chi connectivity index (χ4n) is 2.86. The molecule has 0 atom stereocenters. The highest BCUT2D eigenvalue weighted by Gasteiger charge is 2.39. The maximum atomic E-state index is 12.4. The Bertz CT molecular complexity index is 495. The van der Waals surface area contributed by atoms with Gasteiger partial charge in [-0.3, -0.25) is 4.79 Å². The van der Waals surface area contributed by atoms with E-state index in [-0.39, 0.29) is 11.8 Å². The number of rotatable bonds is 5. The zero-order valence-electron chi connectivity index (χ0n) is 12.0. The van der Waals surface area contributed by atoms with Crippen molar-refractivity contribution < 1.29 is 14.7 Å². The summed E-state index contributed by atoms with van der Waals surface area (Å²) >= 11 is 0. The highest BCUT2D eigenvalue weighted by atomic mass is 16.4. The Morgan fingerprint density at radius 1 is 1.20 bits per heavy atom. The van der Waals surface area contributed by atoms with Gasteiger partial charge in [-0.1, -0.05) is 38.1 Å². The molecule has 0 heterocycles. The van der Waals surface area contributed by atoms with Gasteiger partial charge in [0.05, 0.1) is 0 Å². The zero-order chi connectivity index (χ0) is 14.8. The molecule has 1 aliphatic rings. The smallest absolute Gasteiger partial charge is 0.329 e. The molecule has 0 bridgehead atoms. The summed E-state index contributed by atoms with van der Waals surface area (Å²) in [6.07, 6.45) is 2.19. The van der Waals surface area contributed by atoms with E-state index in [1.807, 2.05) is 24.3 Å². The van der Waals surface area contributed by atoms with Crippen LogP contribution in [0.1, 0.15) is 37.8 Å². The Morgan fingerprint density at radius 2 is 1.70 bits per heavy atom. The maximum Gasteiger partial charge on any atom is 0.329 e. The van der Waals surface area contributed by atoms with Crippen LogP contribution in [0.25, 0.3) is 0 Å². The second-order valence-corrected chi connectivity index (χ2v) is 5.46. The molecule has 108 valence electrons. The fraction of sp³-hybridized carbons (Fsp3) is 0.500. The topological polar surface area (TPSA) is 66.4 Å². The molecule has 0 unspecified atom stereocenters. The van der Waals surface area contributed by atoms with Gasteiger partial charge in [0.25, 0.3) is 0 Å². The number of carboxylic acids is 1. The minimum Gasteiger partial charge on any atom is -0.480 e. The lowest BCUT2D eigenvalue weighted by molar-refractivity contribution is -0.148. The SMILES string of the molecule is CCC(CC)(NC(=O)C1Cc2ccccc2C1)C(=O)O. The predicted molar refractivity (Wildman–Crippen MR) is 76.4 cm³/mol. The number of amides is 1. The standard InChI is InChI=1S/C16H21NO3/c1-3-16(4-2,15(19)20)17-14(18)13-9-11-7-5-6-8-12(11)10-13/h5-8,13H,3-4,9-10H2,1-2H3,(H,17,18)(H,19,20). The van der Waals surface area contributed by atoms with E-state index in [4.69, 9.17) is 0 Å². The summed E-state index contributed by atoms with van der Waals surface area (Å²) in [6.45, 7) is 3.59. The van der Waals surface area contributed by atoms with Crippen LogP contribution < -0.4 is 5.32 Å². The van der Waals surface area contributed by atoms with Gasteiger partial charge in [-0.25, -0.2) is 4.79 Å². The van der Waals surface area contributed by atoms with Crippen molar-refractivity contribution in [3.8, 4) is 0 Å². The minimum absolute atomic E-state index is 0.146. The van der Waals surface area contributed by atoms with Crippen molar-refractivity contribution in [2.24, 2.45) is 5.92 Å². The number of hydrogen-bond acceptors (Lipinski definition) is 2. The summed E-state index contributed by atoms with van der Waals surface area (Å²) in [5, 5.41) is 12.1. The molecule has 1 amide bonds. The maximum absolute atomic E-state index is 12.4. The summed E-state index contributed by atoms with van der Waals surface area (Å²) in [7, 11) is 0. The molecule has 2 N–H and O–H groups in total. The number of carbonyl (C=O) groups excluding carboxylic acids is 1. The van der Waals surface area contributed by atoms with Crippen LogP contribution in [0.5, 0.6) is 0 Å². The van der Waals surface area contributed by atoms with Gasteiger partial charge in [-0.15, -0.1) is 0 Å². The van der Waals surface area contributed by atoms with Crippen molar-refractivity contribution in [3.63, 3.8) is 0 Å². The predicted octanol–water partition coefficient (Wildman–Crippen LogP) is 2.16. The summed E-state index contributed by atoms with van der Waals surface area (Å²) in [4.78, 5) is 23.8. The van der Waals surface area contributed by atoms with Crippen molar-refractivity contribution in [2.45, 2.75) is 45.1 Å². The minimum atomic E-state index is -1.13. The third-order valence-electron chi connectivity index (χ3n) is 4.40. The second kappa shape index (κ2) is 5.65. The summed E-state index contributed by atoms with van der Waals surface area (Å²) in [5.74, 6) is -1.25. The Balaban J connectivity index is 2.09. The van der Waals surface area contributed by atoms with Crippen LogP contribution in [-0.4, -0.2) is 22.5 Å². The third-order valence-corrected chi connectivity index (χ3v) is 4.40. The largest absolute Gasteiger partial charge is 0.480 e. The van der Waals surface area contributed by atoms with Crippen molar-refractivity contribution >= 4 is 11.9 Å². The lowest BCUT2D eigenvalue weighted by Gasteiger charge is -2.29. The average Bonchev–Trinajstić information content (AvgIpc) is 2.88. The average molecular weight is 275 g/mol. The molecule has 0 saturated carbocycles. The highest BCUT2D eigenvalue weighted by molar-refractivity contribution is 5.88. The van der Waals surface area contributed by atoms with E-state index in [1.165, 1.54) is 11.1 Å². The summed E-state index contributed by atoms with van der Waals surface area (Å²) < 4.78 is 0. The number of fused-ring (bicyclic) bond motifs is 1. The number of carboxylic acid groups (broad SMARTS) is 1. The van der Waals surface area contributed by atoms with E-state index in [1.54, 1.807) is 13.8 Å². The van der Waals surface area contributed by atoms with Crippen LogP contribution >= 0.6 is 0 Å². The molecule has 0 aromatic heterocycles. The second-order valence-electron chi connectivity index (χ2n) is 5.46. The van der Waals surface area contributed by atoms with E-state index in [2.05, 4.69) is 5.32 Å². The molecular weight excluding hydrogens is 254 g/mol. The first-order chi connectivity index (χ1) is 9.52. The monoisotopic (exact) mass is 275 g/mol. The van der Waals surface area contributed by atoms with Crippen molar-refractivity contribution in [2.75, 3.05) is 0 Å². The first-order valence-corrected chi connectivity index (χ1v) is 7.14. The molecule has 4 heteroatoms. The van der Waals surface area contributed by atoms with E-state index in [0.29, 0.717) is 25.7 Å². The molecule has 1 aromatic carbocycles. The van der Waals surface area contributed by atoms with E-state index in [0.717, 1.165) is 0 Å². The van der Waals surface area contributed by atoms with Gasteiger partial charge >= 0.3 is 5.97 Å². The van der Waals surface area contributed by atoms with Gasteiger partial charge in [0.2, 0.25) is 5.91 Å². The van der Waals surface area contributed by atoms with Crippen LogP contribution in [0.2, 0.25) is 0 Å². The molecule has 20 heavy (non-hydrogen) atoms. The lowest BCUT2D eigenvalue weighted by Crippen LogP contribution is -2.55. The first-order valence-electron chi connectivity index (χ1n) is 7.14. The number of hydrogen-bond donors (Lipinski definition) is 2. The Morgan fingerprint density at radius 3 is 2.10 bits per heavy atom. The van der Waals surface area contributed by atoms with Gasteiger partial charge in [-0.05, 0) is 36.8 Å². The van der Waals surface area contributed by atoms with E-state index < -0.39 is 11.5 Å². The molecule has 2 rings (SSSR count). The summed E-state index contributed by atoms with van der Waals surface area (Å²) in [6, 6.07) is 8.01. The van der Waals surface area contributed by atoms with Crippen LogP contribution in [-0.2, 0) is 22.4 Å². The number of aliphatic carboxylic acids is 1. The van der Waals surface area contributed by atoms with Gasteiger partial charge < -0.3 is 10.4 Å². The number of nitrogens with one attached hydrogen (secondary N) is 1. The van der Waals surface area contributed by atoms with Crippen LogP contribution in [0.15, 0.2) is 24.3 Å². The summed E-state index contributed by atoms with van der Waals surface area (Å²) in [5.41, 5.74) is 1.26. The van der Waals surface area contributed by atoms with Crippen LogP contribution in [0.4, 0.5) is 0 Å². The van der Waals surface area contributed by atoms with Crippen molar-refractivity contribution in [1.29, 1.82) is 0 Å². The lowest BCUT2D eigenvalue weighted by atomic mass is 9.91. The Labute approximate surface area is 119 Å². The van der Waals surface area contributed by atoms with Crippen LogP contribution in [0, 0.1) is 5.92 Å². The molecule has 4 nitrogen and oxygen atoms in total. The fourth-order valence-corrected chi connectivity index (χ4v) is 2.86. The normalized spacial score (nSPS) is 14.9. The van der Waals surface area contributed by atoms with E-state index in [9.17, 15) is 14.7 Å². The molecular formula is C16H21NO3. The Kier molecular flexibility index (Phi) is 4.12. The zero-order valence-corrected chi connectivity index (χ0v) is 12.0. The quantitative estimate of drug-likeness (QED) is 0.865. The molecule has 0 spiro atoms. The van der Waals surface area contributed by atoms with Crippen molar-refractivity contribution in [1.82, 2.24) is 5.32 Å². The van der Waals surface area contributed by atoms with E-state index >= 15 is 0 Å². The molecule has 0 fully saturated rings. The van der Waals surface area contributed by atoms with Gasteiger partial charge in [0, 0.05) is 5.92 Å². The van der Waals surface area contributed by atoms with Crippen molar-refractivity contribution in [3.05, 3.63) is 35.4 Å². The molecule has 0 saturated heterocycles. The molecule has 1 aromatic rings.